The molecule has 1 rings (SSSR count). The average molecular weight is 187 g/mol. The number of rotatable bonds is 0. The number of carbonyl (C=O) groups excluding carboxylic acids is 1. The number of carbonyl (C=O) groups is 1. The number of ether oxygens (including phenoxy) is 1. The fraction of sp³-hybridized carbons (Fsp3) is 0.889. The monoisotopic (exact) mass is 187 g/mol. The summed E-state index contributed by atoms with van der Waals surface area (Å²) in [6.45, 7) is 7.66. The van der Waals surface area contributed by atoms with Crippen LogP contribution < -0.4 is 0 Å². The molecule has 1 fully saturated rings. The van der Waals surface area contributed by atoms with E-state index in [1.807, 2.05) is 20.8 Å². The molecule has 2 atom stereocenters. The van der Waals surface area contributed by atoms with Crippen LogP contribution in [0.4, 0.5) is 4.79 Å². The summed E-state index contributed by atoms with van der Waals surface area (Å²) < 4.78 is 5.14. The van der Waals surface area contributed by atoms with Gasteiger partial charge in [0.15, 0.2) is 0 Å². The van der Waals surface area contributed by atoms with Crippen molar-refractivity contribution >= 4 is 6.09 Å². The first-order chi connectivity index (χ1) is 5.81. The van der Waals surface area contributed by atoms with Crippen molar-refractivity contribution in [2.75, 3.05) is 6.54 Å². The molecule has 0 spiro atoms. The molecule has 0 radical (unpaired) electrons. The molecule has 0 unspecified atom stereocenters. The highest BCUT2D eigenvalue weighted by atomic mass is 16.6. The van der Waals surface area contributed by atoms with Crippen LogP contribution in [0.3, 0.4) is 0 Å². The summed E-state index contributed by atoms with van der Waals surface area (Å²) in [7, 11) is 0. The van der Waals surface area contributed by atoms with Gasteiger partial charge in [0.2, 0.25) is 0 Å². The number of nitrogens with zero attached hydrogens (tertiary/aromatic N) is 1. The molecule has 4 nitrogen and oxygen atoms in total. The quantitative estimate of drug-likeness (QED) is 0.615. The third-order valence-corrected chi connectivity index (χ3v) is 2.06. The van der Waals surface area contributed by atoms with E-state index in [2.05, 4.69) is 0 Å². The number of aliphatic hydroxyl groups excluding tert-OH is 1. The summed E-state index contributed by atoms with van der Waals surface area (Å²) in [6.07, 6.45) is -0.738. The van der Waals surface area contributed by atoms with Crippen LogP contribution in [0.1, 0.15) is 27.7 Å². The van der Waals surface area contributed by atoms with Crippen molar-refractivity contribution in [1.29, 1.82) is 0 Å². The lowest BCUT2D eigenvalue weighted by Crippen LogP contribution is -2.61. The van der Waals surface area contributed by atoms with Crippen LogP contribution in [0.5, 0.6) is 0 Å². The first kappa shape index (κ1) is 10.3. The second kappa shape index (κ2) is 3.18. The SMILES string of the molecule is C[C@@H]1[C@H](O)CN1C(=O)OC(C)(C)C. The van der Waals surface area contributed by atoms with Crippen molar-refractivity contribution in [1.82, 2.24) is 4.90 Å². The highest BCUT2D eigenvalue weighted by Gasteiger charge is 2.39. The van der Waals surface area contributed by atoms with Gasteiger partial charge in [-0.15, -0.1) is 0 Å². The average Bonchev–Trinajstić information content (AvgIpc) is 1.95. The van der Waals surface area contributed by atoms with E-state index in [0.29, 0.717) is 6.54 Å². The number of β-amino-alcohol motifs (C(OH)–C–C–N with tert-alkyl or cyclic N) is 1. The zero-order valence-electron chi connectivity index (χ0n) is 8.57. The standard InChI is InChI=1S/C9H17NO3/c1-6-7(11)5-10(6)8(12)13-9(2,3)4/h6-7,11H,5H2,1-4H3/t6-,7-/m1/s1. The van der Waals surface area contributed by atoms with Gasteiger partial charge in [-0.2, -0.15) is 0 Å². The molecule has 1 N–H and O–H groups in total. The van der Waals surface area contributed by atoms with Gasteiger partial charge in [0, 0.05) is 0 Å². The summed E-state index contributed by atoms with van der Waals surface area (Å²) in [5.74, 6) is 0. The molecular formula is C9H17NO3. The fourth-order valence-corrected chi connectivity index (χ4v) is 1.15. The van der Waals surface area contributed by atoms with Crippen LogP contribution in [0.2, 0.25) is 0 Å². The summed E-state index contributed by atoms with van der Waals surface area (Å²) in [5, 5.41) is 9.18. The van der Waals surface area contributed by atoms with Crippen LogP contribution in [0, 0.1) is 0 Å². The van der Waals surface area contributed by atoms with E-state index in [1.165, 1.54) is 4.90 Å². The summed E-state index contributed by atoms with van der Waals surface area (Å²) in [4.78, 5) is 12.9. The molecular weight excluding hydrogens is 170 g/mol. The first-order valence-corrected chi connectivity index (χ1v) is 4.49. The van der Waals surface area contributed by atoms with Gasteiger partial charge in [-0.05, 0) is 27.7 Å². The van der Waals surface area contributed by atoms with Crippen LogP contribution >= 0.6 is 0 Å². The normalized spacial score (nSPS) is 28.2. The molecule has 0 aliphatic carbocycles. The molecule has 1 aliphatic heterocycles. The van der Waals surface area contributed by atoms with Crippen LogP contribution in [0.25, 0.3) is 0 Å². The van der Waals surface area contributed by atoms with Gasteiger partial charge in [0.1, 0.15) is 5.60 Å². The Morgan fingerprint density at radius 1 is 1.54 bits per heavy atom. The highest BCUT2D eigenvalue weighted by Crippen LogP contribution is 2.20. The van der Waals surface area contributed by atoms with Crippen molar-refractivity contribution in [2.45, 2.75) is 45.4 Å². The molecule has 13 heavy (non-hydrogen) atoms. The van der Waals surface area contributed by atoms with Crippen LogP contribution in [-0.2, 0) is 4.74 Å². The van der Waals surface area contributed by atoms with Gasteiger partial charge in [-0.25, -0.2) is 4.79 Å². The molecule has 4 heteroatoms. The fourth-order valence-electron chi connectivity index (χ4n) is 1.15. The molecule has 0 saturated carbocycles. The Balaban J connectivity index is 2.42. The van der Waals surface area contributed by atoms with Crippen molar-refractivity contribution in [3.63, 3.8) is 0 Å². The molecule has 76 valence electrons. The maximum atomic E-state index is 11.4. The first-order valence-electron chi connectivity index (χ1n) is 4.49. The Bertz CT molecular complexity index is 209. The predicted octanol–water partition coefficient (Wildman–Crippen LogP) is 0.987. The molecule has 0 aromatic carbocycles. The topological polar surface area (TPSA) is 49.8 Å². The Hall–Kier alpha value is -0.770. The smallest absolute Gasteiger partial charge is 0.410 e. The minimum Gasteiger partial charge on any atom is -0.444 e. The second-order valence-corrected chi connectivity index (χ2v) is 4.44. The van der Waals surface area contributed by atoms with Crippen molar-refractivity contribution in [2.24, 2.45) is 0 Å². The lowest BCUT2D eigenvalue weighted by Gasteiger charge is -2.43. The second-order valence-electron chi connectivity index (χ2n) is 4.44. The van der Waals surface area contributed by atoms with Gasteiger partial charge in [0.25, 0.3) is 0 Å². The van der Waals surface area contributed by atoms with Gasteiger partial charge in [-0.1, -0.05) is 0 Å². The van der Waals surface area contributed by atoms with E-state index in [9.17, 15) is 9.90 Å². The third-order valence-electron chi connectivity index (χ3n) is 2.06. The molecule has 0 aromatic rings. The van der Waals surface area contributed by atoms with E-state index in [1.54, 1.807) is 6.92 Å². The maximum Gasteiger partial charge on any atom is 0.410 e. The Labute approximate surface area is 78.5 Å². The Morgan fingerprint density at radius 2 is 2.08 bits per heavy atom. The third kappa shape index (κ3) is 2.34. The Kier molecular flexibility index (Phi) is 2.52. The van der Waals surface area contributed by atoms with E-state index in [4.69, 9.17) is 4.74 Å². The van der Waals surface area contributed by atoms with Crippen LogP contribution in [0.15, 0.2) is 0 Å². The summed E-state index contributed by atoms with van der Waals surface area (Å²) in [5.41, 5.74) is -0.461. The Morgan fingerprint density at radius 3 is 2.38 bits per heavy atom. The molecule has 1 heterocycles. The molecule has 0 bridgehead atoms. The zero-order chi connectivity index (χ0) is 10.2. The molecule has 1 amide bonds. The number of aliphatic hydroxyl groups is 1. The van der Waals surface area contributed by atoms with Crippen LogP contribution in [-0.4, -0.2) is 40.4 Å². The van der Waals surface area contributed by atoms with Gasteiger partial charge < -0.3 is 14.7 Å². The largest absolute Gasteiger partial charge is 0.444 e. The van der Waals surface area contributed by atoms with E-state index >= 15 is 0 Å². The minimum atomic E-state index is -0.461. The van der Waals surface area contributed by atoms with Crippen molar-refractivity contribution in [3.05, 3.63) is 0 Å². The lowest BCUT2D eigenvalue weighted by molar-refractivity contribution is -0.0640. The van der Waals surface area contributed by atoms with Gasteiger partial charge in [0.05, 0.1) is 18.7 Å². The van der Waals surface area contributed by atoms with Crippen molar-refractivity contribution in [3.8, 4) is 0 Å². The number of amides is 1. The molecule has 1 aliphatic rings. The zero-order valence-corrected chi connectivity index (χ0v) is 8.57. The summed E-state index contributed by atoms with van der Waals surface area (Å²) >= 11 is 0. The van der Waals surface area contributed by atoms with E-state index in [-0.39, 0.29) is 12.1 Å². The van der Waals surface area contributed by atoms with E-state index in [0.717, 1.165) is 0 Å². The highest BCUT2D eigenvalue weighted by molar-refractivity contribution is 5.69. The number of hydrogen-bond acceptors (Lipinski definition) is 3. The number of likely N-dealkylation sites (tertiary alicyclic amines) is 1. The van der Waals surface area contributed by atoms with E-state index < -0.39 is 11.7 Å². The van der Waals surface area contributed by atoms with Crippen molar-refractivity contribution < 1.29 is 14.6 Å². The molecule has 0 aromatic heterocycles. The van der Waals surface area contributed by atoms with Gasteiger partial charge in [-0.3, -0.25) is 0 Å². The lowest BCUT2D eigenvalue weighted by atomic mass is 10.0. The predicted molar refractivity (Wildman–Crippen MR) is 48.4 cm³/mol. The van der Waals surface area contributed by atoms with Gasteiger partial charge >= 0.3 is 6.09 Å². The molecule has 1 saturated heterocycles. The minimum absolute atomic E-state index is 0.116. The number of hydrogen-bond donors (Lipinski definition) is 1. The maximum absolute atomic E-state index is 11.4. The summed E-state index contributed by atoms with van der Waals surface area (Å²) in [6, 6.07) is -0.116.